The molecular weight excluding hydrogens is 211 g/mol. The van der Waals surface area contributed by atoms with Gasteiger partial charge in [-0.2, -0.15) is 0 Å². The molecule has 1 aliphatic heterocycles. The SMILES string of the molecule is CCCCC(O)C(F)COC1CCCCO1. The number of ether oxygens (including phenoxy) is 2. The maximum Gasteiger partial charge on any atom is 0.157 e. The average molecular weight is 234 g/mol. The first-order valence-electron chi connectivity index (χ1n) is 6.29. The Labute approximate surface area is 96.9 Å². The summed E-state index contributed by atoms with van der Waals surface area (Å²) in [4.78, 5) is 0. The third-order valence-electron chi connectivity index (χ3n) is 2.85. The lowest BCUT2D eigenvalue weighted by Gasteiger charge is -2.24. The zero-order valence-corrected chi connectivity index (χ0v) is 10.0. The summed E-state index contributed by atoms with van der Waals surface area (Å²) in [6.45, 7) is 2.65. The Hall–Kier alpha value is -0.190. The van der Waals surface area contributed by atoms with Crippen molar-refractivity contribution in [2.45, 2.75) is 64.0 Å². The molecule has 0 spiro atoms. The zero-order valence-electron chi connectivity index (χ0n) is 10.0. The highest BCUT2D eigenvalue weighted by molar-refractivity contribution is 4.67. The molecule has 16 heavy (non-hydrogen) atoms. The molecule has 0 bridgehead atoms. The van der Waals surface area contributed by atoms with Crippen molar-refractivity contribution in [3.05, 3.63) is 0 Å². The van der Waals surface area contributed by atoms with Gasteiger partial charge in [-0.1, -0.05) is 19.8 Å². The Morgan fingerprint density at radius 1 is 1.50 bits per heavy atom. The van der Waals surface area contributed by atoms with Crippen LogP contribution < -0.4 is 0 Å². The Balaban J connectivity index is 2.10. The second-order valence-electron chi connectivity index (χ2n) is 4.36. The molecule has 1 aliphatic rings. The summed E-state index contributed by atoms with van der Waals surface area (Å²) in [6, 6.07) is 0. The maximum absolute atomic E-state index is 13.4. The summed E-state index contributed by atoms with van der Waals surface area (Å²) >= 11 is 0. The van der Waals surface area contributed by atoms with E-state index in [0.717, 1.165) is 32.1 Å². The first-order valence-corrected chi connectivity index (χ1v) is 6.29. The molecule has 0 saturated carbocycles. The van der Waals surface area contributed by atoms with Crippen molar-refractivity contribution in [3.63, 3.8) is 0 Å². The topological polar surface area (TPSA) is 38.7 Å². The minimum absolute atomic E-state index is 0.0600. The quantitative estimate of drug-likeness (QED) is 0.735. The molecule has 3 unspecified atom stereocenters. The molecule has 1 N–H and O–H groups in total. The summed E-state index contributed by atoms with van der Waals surface area (Å²) in [5.74, 6) is 0. The van der Waals surface area contributed by atoms with Crippen LogP contribution in [0.3, 0.4) is 0 Å². The highest BCUT2D eigenvalue weighted by Crippen LogP contribution is 2.15. The zero-order chi connectivity index (χ0) is 11.8. The van der Waals surface area contributed by atoms with E-state index < -0.39 is 12.3 Å². The number of halogens is 1. The van der Waals surface area contributed by atoms with Crippen molar-refractivity contribution in [3.8, 4) is 0 Å². The fourth-order valence-corrected chi connectivity index (χ4v) is 1.75. The van der Waals surface area contributed by atoms with E-state index in [4.69, 9.17) is 9.47 Å². The van der Waals surface area contributed by atoms with Gasteiger partial charge in [0.15, 0.2) is 6.29 Å². The molecule has 1 rings (SSSR count). The maximum atomic E-state index is 13.4. The molecule has 96 valence electrons. The average Bonchev–Trinajstić information content (AvgIpc) is 2.34. The van der Waals surface area contributed by atoms with E-state index in [1.165, 1.54) is 0 Å². The number of unbranched alkanes of at least 4 members (excludes halogenated alkanes) is 1. The fourth-order valence-electron chi connectivity index (χ4n) is 1.75. The van der Waals surface area contributed by atoms with Crippen LogP contribution >= 0.6 is 0 Å². The number of aliphatic hydroxyl groups is 1. The number of hydrogen-bond donors (Lipinski definition) is 1. The highest BCUT2D eigenvalue weighted by atomic mass is 19.1. The van der Waals surface area contributed by atoms with Gasteiger partial charge in [0, 0.05) is 6.61 Å². The van der Waals surface area contributed by atoms with Crippen LogP contribution in [0.1, 0.15) is 45.4 Å². The molecule has 4 heteroatoms. The standard InChI is InChI=1S/C12H23FO3/c1-2-3-6-11(14)10(13)9-16-12-7-4-5-8-15-12/h10-12,14H,2-9H2,1H3. The van der Waals surface area contributed by atoms with E-state index in [1.54, 1.807) is 0 Å². The van der Waals surface area contributed by atoms with E-state index in [-0.39, 0.29) is 12.9 Å². The molecule has 0 amide bonds. The van der Waals surface area contributed by atoms with Gasteiger partial charge in [0.2, 0.25) is 0 Å². The van der Waals surface area contributed by atoms with Gasteiger partial charge in [0.05, 0.1) is 12.7 Å². The molecular formula is C12H23FO3. The van der Waals surface area contributed by atoms with Gasteiger partial charge in [-0.15, -0.1) is 0 Å². The molecule has 0 aromatic carbocycles. The fraction of sp³-hybridized carbons (Fsp3) is 1.00. The van der Waals surface area contributed by atoms with Crippen LogP contribution in [0.2, 0.25) is 0 Å². The van der Waals surface area contributed by atoms with E-state index in [9.17, 15) is 9.50 Å². The van der Waals surface area contributed by atoms with Crippen molar-refractivity contribution in [1.29, 1.82) is 0 Å². The monoisotopic (exact) mass is 234 g/mol. The lowest BCUT2D eigenvalue weighted by Crippen LogP contribution is -2.31. The summed E-state index contributed by atoms with van der Waals surface area (Å²) in [5.41, 5.74) is 0. The second kappa shape index (κ2) is 7.98. The van der Waals surface area contributed by atoms with Crippen molar-refractivity contribution < 1.29 is 19.0 Å². The number of hydrogen-bond acceptors (Lipinski definition) is 3. The predicted molar refractivity (Wildman–Crippen MR) is 60.0 cm³/mol. The summed E-state index contributed by atoms with van der Waals surface area (Å²) < 4.78 is 24.1. The van der Waals surface area contributed by atoms with E-state index in [0.29, 0.717) is 13.0 Å². The molecule has 1 saturated heterocycles. The molecule has 0 aromatic heterocycles. The number of rotatable bonds is 7. The molecule has 0 radical (unpaired) electrons. The van der Waals surface area contributed by atoms with Gasteiger partial charge in [-0.25, -0.2) is 4.39 Å². The molecule has 3 nitrogen and oxygen atoms in total. The van der Waals surface area contributed by atoms with Crippen LogP contribution in [-0.4, -0.2) is 36.9 Å². The Morgan fingerprint density at radius 3 is 2.94 bits per heavy atom. The predicted octanol–water partition coefficient (Wildman–Crippen LogP) is 2.42. The first kappa shape index (κ1) is 13.9. The third kappa shape index (κ3) is 5.23. The highest BCUT2D eigenvalue weighted by Gasteiger charge is 2.21. The van der Waals surface area contributed by atoms with Crippen LogP contribution in [-0.2, 0) is 9.47 Å². The largest absolute Gasteiger partial charge is 0.390 e. The number of aliphatic hydroxyl groups excluding tert-OH is 1. The van der Waals surface area contributed by atoms with Gasteiger partial charge in [0.1, 0.15) is 6.17 Å². The Bertz CT molecular complexity index is 172. The third-order valence-corrected chi connectivity index (χ3v) is 2.85. The van der Waals surface area contributed by atoms with Crippen LogP contribution in [0.5, 0.6) is 0 Å². The first-order chi connectivity index (χ1) is 7.74. The van der Waals surface area contributed by atoms with Crippen molar-refractivity contribution in [2.24, 2.45) is 0 Å². The normalized spacial score (nSPS) is 25.3. The molecule has 1 fully saturated rings. The van der Waals surface area contributed by atoms with E-state index in [1.807, 2.05) is 6.92 Å². The summed E-state index contributed by atoms with van der Waals surface area (Å²) in [6.07, 6.45) is 2.81. The van der Waals surface area contributed by atoms with Crippen LogP contribution in [0, 0.1) is 0 Å². The minimum Gasteiger partial charge on any atom is -0.390 e. The smallest absolute Gasteiger partial charge is 0.157 e. The lowest BCUT2D eigenvalue weighted by atomic mass is 10.1. The van der Waals surface area contributed by atoms with E-state index in [2.05, 4.69) is 0 Å². The van der Waals surface area contributed by atoms with Gasteiger partial charge in [0.25, 0.3) is 0 Å². The van der Waals surface area contributed by atoms with Gasteiger partial charge < -0.3 is 14.6 Å². The van der Waals surface area contributed by atoms with Gasteiger partial charge in [-0.3, -0.25) is 0 Å². The van der Waals surface area contributed by atoms with Crippen LogP contribution in [0.25, 0.3) is 0 Å². The van der Waals surface area contributed by atoms with Crippen molar-refractivity contribution >= 4 is 0 Å². The molecule has 1 heterocycles. The minimum atomic E-state index is -1.29. The molecule has 3 atom stereocenters. The Kier molecular flexibility index (Phi) is 6.92. The van der Waals surface area contributed by atoms with Gasteiger partial charge in [-0.05, 0) is 25.7 Å². The molecule has 0 aromatic rings. The Morgan fingerprint density at radius 2 is 2.31 bits per heavy atom. The van der Waals surface area contributed by atoms with Crippen molar-refractivity contribution in [1.82, 2.24) is 0 Å². The van der Waals surface area contributed by atoms with Gasteiger partial charge >= 0.3 is 0 Å². The lowest BCUT2D eigenvalue weighted by molar-refractivity contribution is -0.175. The summed E-state index contributed by atoms with van der Waals surface area (Å²) in [7, 11) is 0. The second-order valence-corrected chi connectivity index (χ2v) is 4.36. The number of alkyl halides is 1. The molecule has 0 aliphatic carbocycles. The van der Waals surface area contributed by atoms with Crippen molar-refractivity contribution in [2.75, 3.05) is 13.2 Å². The summed E-state index contributed by atoms with van der Waals surface area (Å²) in [5, 5.41) is 9.48. The van der Waals surface area contributed by atoms with Crippen LogP contribution in [0.4, 0.5) is 4.39 Å². The van der Waals surface area contributed by atoms with Crippen LogP contribution in [0.15, 0.2) is 0 Å². The van der Waals surface area contributed by atoms with E-state index >= 15 is 0 Å².